The van der Waals surface area contributed by atoms with Gasteiger partial charge in [-0.25, -0.2) is 18.7 Å². The highest BCUT2D eigenvalue weighted by molar-refractivity contribution is 7.23. The predicted molar refractivity (Wildman–Crippen MR) is 137 cm³/mol. The second kappa shape index (κ2) is 8.02. The largest absolute Gasteiger partial charge is 0.389 e. The highest BCUT2D eigenvalue weighted by atomic mass is 32.1. The lowest BCUT2D eigenvalue weighted by molar-refractivity contribution is 0.0491. The summed E-state index contributed by atoms with van der Waals surface area (Å²) < 4.78 is 37.0. The molecule has 2 N–H and O–H groups in total. The van der Waals surface area contributed by atoms with Crippen LogP contribution in [0.3, 0.4) is 0 Å². The molecule has 0 amide bonds. The average Bonchev–Trinajstić information content (AvgIpc) is 3.56. The molecule has 0 aliphatic carbocycles. The number of nitrogen functional groups attached to an aromatic ring is 1. The summed E-state index contributed by atoms with van der Waals surface area (Å²) in [6, 6.07) is 3.29. The first-order valence-corrected chi connectivity index (χ1v) is 13.1. The smallest absolute Gasteiger partial charge is 0.226 e. The van der Waals surface area contributed by atoms with Gasteiger partial charge in [-0.15, -0.1) is 11.3 Å². The van der Waals surface area contributed by atoms with Crippen LogP contribution in [0, 0.1) is 23.0 Å². The molecule has 0 saturated carbocycles. The van der Waals surface area contributed by atoms with Gasteiger partial charge >= 0.3 is 0 Å². The van der Waals surface area contributed by atoms with E-state index in [4.69, 9.17) is 15.5 Å². The second-order valence-corrected chi connectivity index (χ2v) is 11.1. The Balaban J connectivity index is 1.43. The van der Waals surface area contributed by atoms with E-state index in [9.17, 15) is 9.65 Å². The summed E-state index contributed by atoms with van der Waals surface area (Å²) in [5, 5.41) is 10.7. The number of nitriles is 1. The number of likely N-dealkylation sites (tertiary alicyclic amines) is 1. The molecule has 3 aliphatic rings. The van der Waals surface area contributed by atoms with E-state index < -0.39 is 11.6 Å². The van der Waals surface area contributed by atoms with E-state index in [1.54, 1.807) is 6.20 Å². The number of benzene rings is 1. The third-order valence-corrected chi connectivity index (χ3v) is 9.01. The molecule has 11 heteroatoms. The number of thiophene rings is 1. The topological polar surface area (TPSA) is 104 Å². The summed E-state index contributed by atoms with van der Waals surface area (Å²) in [7, 11) is 0. The fourth-order valence-electron chi connectivity index (χ4n) is 6.18. The minimum absolute atomic E-state index is 0.0975. The molecule has 6 heterocycles. The normalized spacial score (nSPS) is 21.0. The zero-order chi connectivity index (χ0) is 25.6. The lowest BCUT2D eigenvalue weighted by Gasteiger charge is -2.49. The van der Waals surface area contributed by atoms with Crippen molar-refractivity contribution in [3.8, 4) is 17.3 Å². The molecule has 0 spiro atoms. The van der Waals surface area contributed by atoms with Crippen LogP contribution in [-0.4, -0.2) is 51.1 Å². The van der Waals surface area contributed by atoms with Crippen LogP contribution in [-0.2, 0) is 18.0 Å². The van der Waals surface area contributed by atoms with Gasteiger partial charge in [-0.2, -0.15) is 5.26 Å². The van der Waals surface area contributed by atoms with E-state index in [0.29, 0.717) is 35.0 Å². The molecule has 0 radical (unpaired) electrons. The van der Waals surface area contributed by atoms with Crippen molar-refractivity contribution >= 4 is 43.3 Å². The summed E-state index contributed by atoms with van der Waals surface area (Å²) in [5.74, 6) is -0.679. The van der Waals surface area contributed by atoms with Crippen molar-refractivity contribution in [2.75, 3.05) is 23.7 Å². The number of anilines is 2. The Morgan fingerprint density at radius 2 is 2.00 bits per heavy atom. The Labute approximate surface area is 215 Å². The third kappa shape index (κ3) is 3.06. The van der Waals surface area contributed by atoms with Crippen molar-refractivity contribution in [2.24, 2.45) is 0 Å². The molecule has 3 aliphatic heterocycles. The molecular weight excluding hydrogens is 496 g/mol. The van der Waals surface area contributed by atoms with Crippen LogP contribution in [0.5, 0.6) is 0 Å². The van der Waals surface area contributed by atoms with E-state index >= 15 is 4.39 Å². The van der Waals surface area contributed by atoms with Crippen molar-refractivity contribution < 1.29 is 13.5 Å². The third-order valence-electron chi connectivity index (χ3n) is 7.99. The zero-order valence-corrected chi connectivity index (χ0v) is 21.1. The number of fused-ring (bicyclic) bond motifs is 5. The molecule has 1 aromatic carbocycles. The van der Waals surface area contributed by atoms with Gasteiger partial charge in [0.05, 0.1) is 41.4 Å². The first-order chi connectivity index (χ1) is 17.9. The first-order valence-electron chi connectivity index (χ1n) is 12.3. The van der Waals surface area contributed by atoms with Crippen molar-refractivity contribution in [3.05, 3.63) is 40.7 Å². The predicted octanol–water partition coefficient (Wildman–Crippen LogP) is 4.34. The van der Waals surface area contributed by atoms with Gasteiger partial charge in [0.25, 0.3) is 0 Å². The quantitative estimate of drug-likeness (QED) is 0.426. The molecule has 2 atom stereocenters. The molecule has 2 saturated heterocycles. The molecule has 8 nitrogen and oxygen atoms in total. The van der Waals surface area contributed by atoms with E-state index in [0.717, 1.165) is 42.6 Å². The molecule has 4 aromatic rings. The number of nitrogens with zero attached hydrogens (tertiary/aromatic N) is 6. The zero-order valence-electron chi connectivity index (χ0n) is 20.3. The minimum atomic E-state index is -0.602. The van der Waals surface area contributed by atoms with Gasteiger partial charge in [-0.05, 0) is 31.4 Å². The maximum atomic E-state index is 16.5. The van der Waals surface area contributed by atoms with Crippen LogP contribution < -0.4 is 10.6 Å². The monoisotopic (exact) mass is 519 g/mol. The van der Waals surface area contributed by atoms with Gasteiger partial charge in [-0.3, -0.25) is 9.88 Å². The Morgan fingerprint density at radius 1 is 1.19 bits per heavy atom. The number of halogens is 2. The standard InChI is InChI=1S/C26H23F2N7OS/c1-11(2)35-8-18-17(35)3-4-34(18)26-32-6-13-14-9-36-10-15(14)19(21(28)22(13)33-26)23-20-12(5-29)25(30)37-24(20)16(27)7-31-23/h6-7,11,17-18H,3-4,8-10,30H2,1-2H3/t17-,18-/m0/s1. The van der Waals surface area contributed by atoms with Crippen LogP contribution in [0.2, 0.25) is 0 Å². The lowest BCUT2D eigenvalue weighted by atomic mass is 9.94. The minimum Gasteiger partial charge on any atom is -0.389 e. The van der Waals surface area contributed by atoms with Crippen molar-refractivity contribution in [2.45, 2.75) is 51.6 Å². The van der Waals surface area contributed by atoms with E-state index in [-0.39, 0.29) is 50.6 Å². The van der Waals surface area contributed by atoms with Gasteiger partial charge in [0.2, 0.25) is 5.95 Å². The van der Waals surface area contributed by atoms with Crippen LogP contribution in [0.25, 0.3) is 32.2 Å². The van der Waals surface area contributed by atoms with Crippen LogP contribution >= 0.6 is 11.3 Å². The fraction of sp³-hybridized carbons (Fsp3) is 0.385. The summed E-state index contributed by atoms with van der Waals surface area (Å²) in [6.07, 6.45) is 3.75. The summed E-state index contributed by atoms with van der Waals surface area (Å²) in [4.78, 5) is 18.3. The Hall–Kier alpha value is -3.46. The van der Waals surface area contributed by atoms with Gasteiger partial charge in [0.15, 0.2) is 11.6 Å². The van der Waals surface area contributed by atoms with Crippen molar-refractivity contribution in [3.63, 3.8) is 0 Å². The first kappa shape index (κ1) is 22.7. The van der Waals surface area contributed by atoms with Crippen LogP contribution in [0.15, 0.2) is 12.4 Å². The SMILES string of the molecule is CC(C)N1C[C@H]2[C@@H]1CCN2c1ncc2c3c(c(-c4ncc(F)c5sc(N)c(C#N)c45)c(F)c2n1)COC3. The highest BCUT2D eigenvalue weighted by Crippen LogP contribution is 2.45. The number of hydrogen-bond acceptors (Lipinski definition) is 9. The van der Waals surface area contributed by atoms with E-state index in [1.165, 1.54) is 0 Å². The van der Waals surface area contributed by atoms with Crippen molar-refractivity contribution in [1.82, 2.24) is 19.9 Å². The number of rotatable bonds is 3. The fourth-order valence-corrected chi connectivity index (χ4v) is 7.10. The Morgan fingerprint density at radius 3 is 2.78 bits per heavy atom. The van der Waals surface area contributed by atoms with Gasteiger partial charge in [0.1, 0.15) is 16.6 Å². The number of ether oxygens (including phenoxy) is 1. The molecule has 2 fully saturated rings. The molecular formula is C26H23F2N7OS. The molecule has 37 heavy (non-hydrogen) atoms. The van der Waals surface area contributed by atoms with E-state index in [1.807, 2.05) is 6.07 Å². The van der Waals surface area contributed by atoms with Crippen molar-refractivity contribution in [1.29, 1.82) is 5.26 Å². The summed E-state index contributed by atoms with van der Waals surface area (Å²) in [5.41, 5.74) is 8.05. The number of aromatic nitrogens is 3. The van der Waals surface area contributed by atoms with Gasteiger partial charge in [-0.1, -0.05) is 0 Å². The van der Waals surface area contributed by atoms with Crippen LogP contribution in [0.4, 0.5) is 19.7 Å². The number of pyridine rings is 1. The summed E-state index contributed by atoms with van der Waals surface area (Å²) in [6.45, 7) is 6.59. The van der Waals surface area contributed by atoms with Gasteiger partial charge in [0, 0.05) is 47.7 Å². The van der Waals surface area contributed by atoms with E-state index in [2.05, 4.69) is 33.6 Å². The second-order valence-electron chi connectivity index (χ2n) is 10.1. The average molecular weight is 520 g/mol. The lowest BCUT2D eigenvalue weighted by Crippen LogP contribution is -2.64. The highest BCUT2D eigenvalue weighted by Gasteiger charge is 2.48. The summed E-state index contributed by atoms with van der Waals surface area (Å²) >= 11 is 0.960. The maximum absolute atomic E-state index is 16.5. The molecule has 0 unspecified atom stereocenters. The molecule has 3 aromatic heterocycles. The number of hydrogen-bond donors (Lipinski definition) is 1. The molecule has 188 valence electrons. The van der Waals surface area contributed by atoms with Crippen LogP contribution in [0.1, 0.15) is 37.0 Å². The number of nitrogens with two attached hydrogens (primary N) is 1. The van der Waals surface area contributed by atoms with Gasteiger partial charge < -0.3 is 15.4 Å². The molecule has 7 rings (SSSR count). The Kier molecular flexibility index (Phi) is 4.92. The Bertz CT molecular complexity index is 1660. The molecule has 0 bridgehead atoms. The maximum Gasteiger partial charge on any atom is 0.226 e.